The Labute approximate surface area is 125 Å². The maximum absolute atomic E-state index is 12.1. The zero-order valence-corrected chi connectivity index (χ0v) is 13.2. The number of ether oxygens (including phenoxy) is 1. The van der Waals surface area contributed by atoms with Crippen molar-refractivity contribution in [2.45, 2.75) is 30.8 Å². The van der Waals surface area contributed by atoms with E-state index in [1.54, 1.807) is 6.07 Å². The number of nitrogens with one attached hydrogen (secondary N) is 1. The Morgan fingerprint density at radius 2 is 2.10 bits per heavy atom. The highest BCUT2D eigenvalue weighted by atomic mass is 32.2. The zero-order valence-electron chi connectivity index (χ0n) is 12.4. The van der Waals surface area contributed by atoms with E-state index < -0.39 is 16.1 Å². The molecule has 1 aromatic carbocycles. The van der Waals surface area contributed by atoms with Crippen molar-refractivity contribution in [3.05, 3.63) is 23.8 Å². The number of anilines is 1. The minimum absolute atomic E-state index is 0.153. The first-order valence-corrected chi connectivity index (χ1v) is 8.22. The van der Waals surface area contributed by atoms with Crippen LogP contribution < -0.4 is 5.32 Å². The molecule has 6 nitrogen and oxygen atoms in total. The lowest BCUT2D eigenvalue weighted by Gasteiger charge is -2.15. The van der Waals surface area contributed by atoms with Crippen molar-refractivity contribution < 1.29 is 17.9 Å². The fourth-order valence-corrected chi connectivity index (χ4v) is 3.03. The summed E-state index contributed by atoms with van der Waals surface area (Å²) in [6, 6.07) is 4.70. The van der Waals surface area contributed by atoms with E-state index in [2.05, 4.69) is 5.32 Å². The third kappa shape index (κ3) is 3.42. The van der Waals surface area contributed by atoms with Crippen molar-refractivity contribution in [1.82, 2.24) is 4.31 Å². The average Bonchev–Trinajstić information content (AvgIpc) is 2.94. The minimum atomic E-state index is -3.52. The Balaban J connectivity index is 2.25. The van der Waals surface area contributed by atoms with E-state index in [1.165, 1.54) is 26.2 Å². The Bertz CT molecular complexity index is 634. The molecular formula is C14H20N2O4S. The van der Waals surface area contributed by atoms with Crippen LogP contribution >= 0.6 is 0 Å². The van der Waals surface area contributed by atoms with Gasteiger partial charge in [0.05, 0.1) is 4.90 Å². The molecule has 0 bridgehead atoms. The molecule has 21 heavy (non-hydrogen) atoms. The molecule has 7 heteroatoms. The predicted molar refractivity (Wildman–Crippen MR) is 79.7 cm³/mol. The van der Waals surface area contributed by atoms with Gasteiger partial charge in [-0.2, -0.15) is 0 Å². The molecule has 1 heterocycles. The molecule has 1 atom stereocenters. The van der Waals surface area contributed by atoms with Gasteiger partial charge < -0.3 is 10.1 Å². The highest BCUT2D eigenvalue weighted by Crippen LogP contribution is 2.23. The van der Waals surface area contributed by atoms with Gasteiger partial charge in [0.25, 0.3) is 5.91 Å². The molecule has 0 spiro atoms. The first-order valence-electron chi connectivity index (χ1n) is 6.78. The Hall–Kier alpha value is -1.44. The van der Waals surface area contributed by atoms with Crippen LogP contribution in [-0.4, -0.2) is 45.4 Å². The quantitative estimate of drug-likeness (QED) is 0.911. The van der Waals surface area contributed by atoms with E-state index in [-0.39, 0.29) is 10.8 Å². The van der Waals surface area contributed by atoms with Crippen LogP contribution in [0.3, 0.4) is 0 Å². The fraction of sp³-hybridized carbons (Fsp3) is 0.500. The lowest BCUT2D eigenvalue weighted by molar-refractivity contribution is -0.124. The van der Waals surface area contributed by atoms with Gasteiger partial charge in [0.2, 0.25) is 10.0 Å². The smallest absolute Gasteiger partial charge is 0.253 e. The number of hydrogen-bond acceptors (Lipinski definition) is 4. The Morgan fingerprint density at radius 3 is 2.67 bits per heavy atom. The molecule has 0 aromatic heterocycles. The summed E-state index contributed by atoms with van der Waals surface area (Å²) < 4.78 is 30.7. The standard InChI is InChI=1S/C14H20N2O4S/c1-10-6-7-11(21(18,19)16(2)3)9-12(10)15-14(17)13-5-4-8-20-13/h6-7,9,13H,4-5,8H2,1-3H3,(H,15,17). The molecule has 0 radical (unpaired) electrons. The number of carbonyl (C=O) groups excluding carboxylic acids is 1. The fourth-order valence-electron chi connectivity index (χ4n) is 2.10. The van der Waals surface area contributed by atoms with Crippen molar-refractivity contribution in [2.24, 2.45) is 0 Å². The molecule has 1 N–H and O–H groups in total. The number of hydrogen-bond donors (Lipinski definition) is 1. The number of benzene rings is 1. The first kappa shape index (κ1) is 15.9. The van der Waals surface area contributed by atoms with Crippen molar-refractivity contribution in [3.63, 3.8) is 0 Å². The molecule has 1 unspecified atom stereocenters. The normalized spacial score (nSPS) is 19.0. The highest BCUT2D eigenvalue weighted by molar-refractivity contribution is 7.89. The molecule has 1 saturated heterocycles. The zero-order chi connectivity index (χ0) is 15.6. The largest absolute Gasteiger partial charge is 0.368 e. The number of nitrogens with zero attached hydrogens (tertiary/aromatic N) is 1. The number of carbonyl (C=O) groups is 1. The summed E-state index contributed by atoms with van der Waals surface area (Å²) in [6.45, 7) is 2.41. The number of amides is 1. The third-order valence-corrected chi connectivity index (χ3v) is 5.28. The molecule has 1 aliphatic rings. The van der Waals surface area contributed by atoms with Crippen LogP contribution in [0, 0.1) is 6.92 Å². The van der Waals surface area contributed by atoms with Crippen molar-refractivity contribution in [2.75, 3.05) is 26.0 Å². The molecule has 2 rings (SSSR count). The van der Waals surface area contributed by atoms with Crippen LogP contribution in [0.5, 0.6) is 0 Å². The second-order valence-electron chi connectivity index (χ2n) is 5.26. The number of rotatable bonds is 4. The van der Waals surface area contributed by atoms with Crippen LogP contribution in [0.1, 0.15) is 18.4 Å². The average molecular weight is 312 g/mol. The van der Waals surface area contributed by atoms with Gasteiger partial charge in [-0.25, -0.2) is 12.7 Å². The van der Waals surface area contributed by atoms with Gasteiger partial charge in [-0.15, -0.1) is 0 Å². The van der Waals surface area contributed by atoms with Crippen LogP contribution in [0.4, 0.5) is 5.69 Å². The Morgan fingerprint density at radius 1 is 1.38 bits per heavy atom. The summed E-state index contributed by atoms with van der Waals surface area (Å²) in [7, 11) is -0.576. The van der Waals surface area contributed by atoms with Gasteiger partial charge in [0.1, 0.15) is 6.10 Å². The number of sulfonamides is 1. The topological polar surface area (TPSA) is 75.7 Å². The van der Waals surface area contributed by atoms with Gasteiger partial charge in [0.15, 0.2) is 0 Å². The van der Waals surface area contributed by atoms with E-state index in [1.807, 2.05) is 6.92 Å². The van der Waals surface area contributed by atoms with Crippen LogP contribution in [-0.2, 0) is 19.6 Å². The van der Waals surface area contributed by atoms with Gasteiger partial charge in [0, 0.05) is 26.4 Å². The van der Waals surface area contributed by atoms with E-state index in [4.69, 9.17) is 4.74 Å². The maximum Gasteiger partial charge on any atom is 0.253 e. The lowest BCUT2D eigenvalue weighted by Crippen LogP contribution is -2.27. The lowest BCUT2D eigenvalue weighted by atomic mass is 10.2. The van der Waals surface area contributed by atoms with Crippen LogP contribution in [0.25, 0.3) is 0 Å². The molecule has 1 fully saturated rings. The summed E-state index contributed by atoms with van der Waals surface area (Å²) in [6.07, 6.45) is 1.12. The summed E-state index contributed by atoms with van der Waals surface area (Å²) in [5.74, 6) is -0.227. The molecular weight excluding hydrogens is 292 g/mol. The minimum Gasteiger partial charge on any atom is -0.368 e. The van der Waals surface area contributed by atoms with Crippen LogP contribution in [0.15, 0.2) is 23.1 Å². The van der Waals surface area contributed by atoms with Crippen molar-refractivity contribution in [1.29, 1.82) is 0 Å². The van der Waals surface area contributed by atoms with Gasteiger partial charge in [-0.3, -0.25) is 4.79 Å². The van der Waals surface area contributed by atoms with Crippen molar-refractivity contribution in [3.8, 4) is 0 Å². The summed E-state index contributed by atoms with van der Waals surface area (Å²) in [5.41, 5.74) is 1.30. The maximum atomic E-state index is 12.1. The summed E-state index contributed by atoms with van der Waals surface area (Å²) in [5, 5.41) is 2.76. The van der Waals surface area contributed by atoms with Gasteiger partial charge in [-0.05, 0) is 37.5 Å². The SMILES string of the molecule is Cc1ccc(S(=O)(=O)N(C)C)cc1NC(=O)C1CCCO1. The van der Waals surface area contributed by atoms with E-state index in [0.29, 0.717) is 18.7 Å². The number of aryl methyl sites for hydroxylation is 1. The summed E-state index contributed by atoms with van der Waals surface area (Å²) >= 11 is 0. The second kappa shape index (κ2) is 6.13. The third-order valence-electron chi connectivity index (χ3n) is 3.47. The molecule has 0 aliphatic carbocycles. The first-order chi connectivity index (χ1) is 9.82. The predicted octanol–water partition coefficient (Wildman–Crippen LogP) is 1.36. The molecule has 1 aromatic rings. The molecule has 1 amide bonds. The van der Waals surface area contributed by atoms with E-state index >= 15 is 0 Å². The summed E-state index contributed by atoms with van der Waals surface area (Å²) in [4.78, 5) is 12.2. The molecule has 116 valence electrons. The van der Waals surface area contributed by atoms with Crippen LogP contribution in [0.2, 0.25) is 0 Å². The highest BCUT2D eigenvalue weighted by Gasteiger charge is 2.25. The van der Waals surface area contributed by atoms with Crippen molar-refractivity contribution >= 4 is 21.6 Å². The monoisotopic (exact) mass is 312 g/mol. The second-order valence-corrected chi connectivity index (χ2v) is 7.41. The molecule has 0 saturated carbocycles. The van der Waals surface area contributed by atoms with E-state index in [0.717, 1.165) is 16.3 Å². The van der Waals surface area contributed by atoms with E-state index in [9.17, 15) is 13.2 Å². The Kier molecular flexibility index (Phi) is 4.65. The van der Waals surface area contributed by atoms with Gasteiger partial charge >= 0.3 is 0 Å². The molecule has 1 aliphatic heterocycles. The van der Waals surface area contributed by atoms with Gasteiger partial charge in [-0.1, -0.05) is 6.07 Å².